The van der Waals surface area contributed by atoms with E-state index in [1.165, 1.54) is 0 Å². The number of carbonyl (C=O) groups excluding carboxylic acids is 1. The number of ether oxygens (including phenoxy) is 3. The first-order valence-corrected chi connectivity index (χ1v) is 9.50. The summed E-state index contributed by atoms with van der Waals surface area (Å²) in [6, 6.07) is 15.1. The summed E-state index contributed by atoms with van der Waals surface area (Å²) in [6.45, 7) is 7.54. The van der Waals surface area contributed by atoms with E-state index >= 15 is 0 Å². The maximum atomic E-state index is 11.4. The van der Waals surface area contributed by atoms with Gasteiger partial charge in [-0.3, -0.25) is 4.79 Å². The normalized spacial score (nSPS) is 10.7. The molecule has 0 atom stereocenters. The van der Waals surface area contributed by atoms with Crippen molar-refractivity contribution in [1.29, 1.82) is 5.26 Å². The molecule has 0 heterocycles. The average molecular weight is 396 g/mol. The van der Waals surface area contributed by atoms with Crippen LogP contribution in [0.2, 0.25) is 0 Å². The number of nitriles is 1. The molecule has 154 valence electrons. The number of rotatable bonds is 9. The fourth-order valence-electron chi connectivity index (χ4n) is 2.74. The predicted octanol–water partition coefficient (Wildman–Crippen LogP) is 3.98. The summed E-state index contributed by atoms with van der Waals surface area (Å²) in [7, 11) is 1.65. The van der Waals surface area contributed by atoms with Gasteiger partial charge in [0.1, 0.15) is 36.9 Å². The van der Waals surface area contributed by atoms with Gasteiger partial charge in [-0.05, 0) is 41.3 Å². The molecule has 0 bridgehead atoms. The van der Waals surface area contributed by atoms with Crippen molar-refractivity contribution in [2.45, 2.75) is 39.2 Å². The number of benzene rings is 2. The van der Waals surface area contributed by atoms with E-state index in [2.05, 4.69) is 26.1 Å². The van der Waals surface area contributed by atoms with Gasteiger partial charge < -0.3 is 19.5 Å². The van der Waals surface area contributed by atoms with Crippen molar-refractivity contribution >= 4 is 5.91 Å². The minimum absolute atomic E-state index is 0.0744. The second-order valence-corrected chi connectivity index (χ2v) is 7.57. The van der Waals surface area contributed by atoms with Crippen molar-refractivity contribution in [2.75, 3.05) is 20.3 Å². The minimum atomic E-state index is -0.290. The molecule has 0 spiro atoms. The van der Waals surface area contributed by atoms with Gasteiger partial charge >= 0.3 is 0 Å². The number of hydrogen-bond acceptors (Lipinski definition) is 5. The highest BCUT2D eigenvalue weighted by molar-refractivity contribution is 5.77. The maximum Gasteiger partial charge on any atom is 0.234 e. The average Bonchev–Trinajstić information content (AvgIpc) is 2.69. The number of amides is 1. The Morgan fingerprint density at radius 2 is 1.83 bits per heavy atom. The Morgan fingerprint density at radius 1 is 1.07 bits per heavy atom. The molecule has 0 aliphatic rings. The standard InChI is InChI=1S/C23H28N2O4/c1-23(2,3)20-15-18(27-4)8-9-21(20)29-13-12-28-19-7-5-6-17(14-19)16-25-22(26)10-11-24/h5-9,14-15H,10,12-13,16H2,1-4H3,(H,25,26). The highest BCUT2D eigenvalue weighted by Gasteiger charge is 2.20. The lowest BCUT2D eigenvalue weighted by Gasteiger charge is -2.23. The maximum absolute atomic E-state index is 11.4. The molecule has 1 N–H and O–H groups in total. The molecule has 0 radical (unpaired) electrons. The SMILES string of the molecule is COc1ccc(OCCOc2cccc(CNC(=O)CC#N)c2)c(C(C)(C)C)c1. The first-order chi connectivity index (χ1) is 13.8. The Balaban J connectivity index is 1.89. The van der Waals surface area contributed by atoms with Crippen molar-refractivity contribution in [1.82, 2.24) is 5.32 Å². The van der Waals surface area contributed by atoms with E-state index in [0.29, 0.717) is 25.5 Å². The van der Waals surface area contributed by atoms with Crippen LogP contribution < -0.4 is 19.5 Å². The van der Waals surface area contributed by atoms with Gasteiger partial charge in [0.2, 0.25) is 5.91 Å². The largest absolute Gasteiger partial charge is 0.497 e. The Labute approximate surface area is 172 Å². The van der Waals surface area contributed by atoms with Gasteiger partial charge in [-0.1, -0.05) is 32.9 Å². The molecule has 0 unspecified atom stereocenters. The molecular formula is C23H28N2O4. The summed E-state index contributed by atoms with van der Waals surface area (Å²) in [5, 5.41) is 11.2. The van der Waals surface area contributed by atoms with Crippen LogP contribution in [0.5, 0.6) is 17.2 Å². The molecule has 0 aromatic heterocycles. The summed E-state index contributed by atoms with van der Waals surface area (Å²) in [4.78, 5) is 11.4. The van der Waals surface area contributed by atoms with E-state index in [-0.39, 0.29) is 17.7 Å². The van der Waals surface area contributed by atoms with E-state index in [1.54, 1.807) is 7.11 Å². The summed E-state index contributed by atoms with van der Waals surface area (Å²) in [5.41, 5.74) is 1.90. The van der Waals surface area contributed by atoms with Crippen molar-refractivity contribution in [3.8, 4) is 23.3 Å². The summed E-state index contributed by atoms with van der Waals surface area (Å²) in [5.74, 6) is 2.03. The lowest BCUT2D eigenvalue weighted by molar-refractivity contribution is -0.120. The second kappa shape index (κ2) is 10.4. The molecule has 0 fully saturated rings. The highest BCUT2D eigenvalue weighted by atomic mass is 16.5. The van der Waals surface area contributed by atoms with Crippen LogP contribution >= 0.6 is 0 Å². The fourth-order valence-corrected chi connectivity index (χ4v) is 2.74. The lowest BCUT2D eigenvalue weighted by atomic mass is 9.86. The van der Waals surface area contributed by atoms with Crippen molar-refractivity contribution in [3.63, 3.8) is 0 Å². The van der Waals surface area contributed by atoms with Gasteiger partial charge in [-0.2, -0.15) is 5.26 Å². The van der Waals surface area contributed by atoms with Crippen molar-refractivity contribution < 1.29 is 19.0 Å². The second-order valence-electron chi connectivity index (χ2n) is 7.57. The number of nitrogens with zero attached hydrogens (tertiary/aromatic N) is 1. The monoisotopic (exact) mass is 396 g/mol. The summed E-state index contributed by atoms with van der Waals surface area (Å²) < 4.78 is 17.1. The van der Waals surface area contributed by atoms with E-state index < -0.39 is 0 Å². The third kappa shape index (κ3) is 7.04. The van der Waals surface area contributed by atoms with E-state index in [9.17, 15) is 4.79 Å². The van der Waals surface area contributed by atoms with Crippen molar-refractivity contribution in [2.24, 2.45) is 0 Å². The Morgan fingerprint density at radius 3 is 2.52 bits per heavy atom. The van der Waals surface area contributed by atoms with Crippen LogP contribution in [0.15, 0.2) is 42.5 Å². The molecule has 6 heteroatoms. The zero-order valence-electron chi connectivity index (χ0n) is 17.5. The minimum Gasteiger partial charge on any atom is -0.497 e. The molecule has 1 amide bonds. The summed E-state index contributed by atoms with van der Waals surface area (Å²) in [6.07, 6.45) is -0.143. The number of methoxy groups -OCH3 is 1. The quantitative estimate of drug-likeness (QED) is 0.649. The van der Waals surface area contributed by atoms with Gasteiger partial charge in [0, 0.05) is 12.1 Å². The predicted molar refractivity (Wildman–Crippen MR) is 111 cm³/mol. The summed E-state index contributed by atoms with van der Waals surface area (Å²) >= 11 is 0. The van der Waals surface area contributed by atoms with E-state index in [4.69, 9.17) is 19.5 Å². The highest BCUT2D eigenvalue weighted by Crippen LogP contribution is 2.34. The molecule has 2 aromatic rings. The van der Waals surface area contributed by atoms with Crippen LogP contribution in [0.4, 0.5) is 0 Å². The zero-order valence-corrected chi connectivity index (χ0v) is 17.5. The first-order valence-electron chi connectivity index (χ1n) is 9.50. The number of nitrogens with one attached hydrogen (secondary N) is 1. The molecule has 2 aromatic carbocycles. The Hall–Kier alpha value is -3.20. The van der Waals surface area contributed by atoms with E-state index in [0.717, 1.165) is 22.6 Å². The third-order valence-corrected chi connectivity index (χ3v) is 4.23. The lowest BCUT2D eigenvalue weighted by Crippen LogP contribution is -2.21. The topological polar surface area (TPSA) is 80.6 Å². The molecule has 0 aliphatic heterocycles. The van der Waals surface area contributed by atoms with Gasteiger partial charge in [0.25, 0.3) is 0 Å². The Bertz CT molecular complexity index is 866. The molecule has 0 saturated heterocycles. The molecule has 2 rings (SSSR count). The van der Waals surface area contributed by atoms with Crippen LogP contribution in [0, 0.1) is 11.3 Å². The number of carbonyl (C=O) groups is 1. The van der Waals surface area contributed by atoms with Gasteiger partial charge in [-0.25, -0.2) is 0 Å². The van der Waals surface area contributed by atoms with Gasteiger partial charge in [-0.15, -0.1) is 0 Å². The van der Waals surface area contributed by atoms with Crippen LogP contribution in [0.25, 0.3) is 0 Å². The Kier molecular flexibility index (Phi) is 7.90. The first kappa shape index (κ1) is 22.1. The molecular weight excluding hydrogens is 368 g/mol. The van der Waals surface area contributed by atoms with Crippen LogP contribution in [0.1, 0.15) is 38.3 Å². The fraction of sp³-hybridized carbons (Fsp3) is 0.391. The smallest absolute Gasteiger partial charge is 0.234 e. The molecule has 29 heavy (non-hydrogen) atoms. The molecule has 0 saturated carbocycles. The molecule has 6 nitrogen and oxygen atoms in total. The van der Waals surface area contributed by atoms with Crippen molar-refractivity contribution in [3.05, 3.63) is 53.6 Å². The van der Waals surface area contributed by atoms with Gasteiger partial charge in [0.15, 0.2) is 0 Å². The van der Waals surface area contributed by atoms with E-state index in [1.807, 2.05) is 48.5 Å². The third-order valence-electron chi connectivity index (χ3n) is 4.23. The van der Waals surface area contributed by atoms with Crippen LogP contribution in [0.3, 0.4) is 0 Å². The van der Waals surface area contributed by atoms with Gasteiger partial charge in [0.05, 0.1) is 13.2 Å². The number of hydrogen-bond donors (Lipinski definition) is 1. The molecule has 0 aliphatic carbocycles. The van der Waals surface area contributed by atoms with Crippen LogP contribution in [-0.2, 0) is 16.8 Å². The van der Waals surface area contributed by atoms with Crippen LogP contribution in [-0.4, -0.2) is 26.2 Å². The zero-order chi connectivity index (χ0) is 21.3.